The lowest BCUT2D eigenvalue weighted by Gasteiger charge is -2.55. The minimum absolute atomic E-state index is 0.0565. The normalized spacial score (nSPS) is 22.8. The maximum atomic E-state index is 12.9. The second-order valence-corrected chi connectivity index (χ2v) is 7.74. The Morgan fingerprint density at radius 2 is 2.03 bits per heavy atom. The number of hydrogen-bond donors (Lipinski definition) is 3. The molecule has 2 amide bonds. The lowest BCUT2D eigenvalue weighted by Crippen LogP contribution is -2.80. The highest BCUT2D eigenvalue weighted by Gasteiger charge is 2.66. The highest BCUT2D eigenvalue weighted by atomic mass is 32.2. The lowest BCUT2D eigenvalue weighted by molar-refractivity contribution is -0.192. The van der Waals surface area contributed by atoms with Crippen LogP contribution in [0.2, 0.25) is 0 Å². The first-order chi connectivity index (χ1) is 14.2. The first-order valence-corrected chi connectivity index (χ1v) is 9.93. The summed E-state index contributed by atoms with van der Waals surface area (Å²) in [5.74, 6) is -3.12. The smallest absolute Gasteiger partial charge is 0.352 e. The molecule has 1 fully saturated rings. The highest BCUT2D eigenvalue weighted by Crippen LogP contribution is 2.46. The molecule has 1 saturated heterocycles. The van der Waals surface area contributed by atoms with Gasteiger partial charge in [-0.2, -0.15) is 0 Å². The zero-order valence-electron chi connectivity index (χ0n) is 16.2. The molecule has 0 aromatic heterocycles. The molecule has 0 radical (unpaired) electrons. The SMILES string of the molecule is CO[C@]1(NC(=O)Cc2ccccc2O)C(=O)N2C(C(=O)O)=C(COC(C)=O)CS[C@@H]21. The minimum Gasteiger partial charge on any atom is -0.508 e. The van der Waals surface area contributed by atoms with Crippen molar-refractivity contribution < 1.29 is 38.9 Å². The van der Waals surface area contributed by atoms with Gasteiger partial charge in [0, 0.05) is 30.9 Å². The molecule has 160 valence electrons. The molecule has 2 aliphatic rings. The fourth-order valence-electron chi connectivity index (χ4n) is 3.33. The Morgan fingerprint density at radius 3 is 2.63 bits per heavy atom. The Kier molecular flexibility index (Phi) is 6.04. The number of carboxylic acids is 1. The van der Waals surface area contributed by atoms with E-state index in [1.807, 2.05) is 0 Å². The van der Waals surface area contributed by atoms with Crippen molar-refractivity contribution in [3.05, 3.63) is 41.1 Å². The number of β-lactam (4-membered cyclic amide) rings is 1. The number of nitrogens with zero attached hydrogens (tertiary/aromatic N) is 1. The summed E-state index contributed by atoms with van der Waals surface area (Å²) >= 11 is 1.18. The molecule has 2 heterocycles. The van der Waals surface area contributed by atoms with E-state index in [1.165, 1.54) is 31.9 Å². The number of benzene rings is 1. The van der Waals surface area contributed by atoms with Gasteiger partial charge in [0.2, 0.25) is 5.91 Å². The van der Waals surface area contributed by atoms with Crippen LogP contribution in [0.5, 0.6) is 5.75 Å². The zero-order valence-corrected chi connectivity index (χ0v) is 17.0. The van der Waals surface area contributed by atoms with Crippen LogP contribution < -0.4 is 5.32 Å². The molecule has 3 rings (SSSR count). The molecular formula is C19H20N2O8S. The van der Waals surface area contributed by atoms with Gasteiger partial charge in [-0.05, 0) is 6.07 Å². The van der Waals surface area contributed by atoms with E-state index in [4.69, 9.17) is 9.47 Å². The first kappa shape index (κ1) is 21.7. The fraction of sp³-hybridized carbons (Fsp3) is 0.368. The van der Waals surface area contributed by atoms with E-state index in [-0.39, 0.29) is 35.8 Å². The fourth-order valence-corrected chi connectivity index (χ4v) is 4.75. The van der Waals surface area contributed by atoms with E-state index in [2.05, 4.69) is 5.32 Å². The molecule has 11 heteroatoms. The number of amides is 2. The van der Waals surface area contributed by atoms with E-state index in [0.29, 0.717) is 5.56 Å². The van der Waals surface area contributed by atoms with Crippen molar-refractivity contribution in [2.24, 2.45) is 0 Å². The largest absolute Gasteiger partial charge is 0.508 e. The Bertz CT molecular complexity index is 946. The van der Waals surface area contributed by atoms with Gasteiger partial charge in [-0.15, -0.1) is 11.8 Å². The molecule has 1 aromatic carbocycles. The summed E-state index contributed by atoms with van der Waals surface area (Å²) in [7, 11) is 1.24. The van der Waals surface area contributed by atoms with E-state index in [0.717, 1.165) is 4.90 Å². The van der Waals surface area contributed by atoms with E-state index in [1.54, 1.807) is 18.2 Å². The van der Waals surface area contributed by atoms with Gasteiger partial charge in [0.1, 0.15) is 23.4 Å². The van der Waals surface area contributed by atoms with E-state index >= 15 is 0 Å². The van der Waals surface area contributed by atoms with E-state index in [9.17, 15) is 29.4 Å². The van der Waals surface area contributed by atoms with Gasteiger partial charge in [-0.3, -0.25) is 19.3 Å². The Balaban J connectivity index is 1.81. The maximum absolute atomic E-state index is 12.9. The van der Waals surface area contributed by atoms with Gasteiger partial charge < -0.3 is 25.0 Å². The van der Waals surface area contributed by atoms with Gasteiger partial charge in [-0.25, -0.2) is 4.79 Å². The number of hydrogen-bond acceptors (Lipinski definition) is 8. The van der Waals surface area contributed by atoms with Crippen LogP contribution in [0.25, 0.3) is 0 Å². The molecule has 0 aliphatic carbocycles. The van der Waals surface area contributed by atoms with E-state index < -0.39 is 34.9 Å². The van der Waals surface area contributed by atoms with Gasteiger partial charge in [0.25, 0.3) is 11.6 Å². The Hall–Kier alpha value is -3.05. The summed E-state index contributed by atoms with van der Waals surface area (Å²) in [4.78, 5) is 49.3. The predicted octanol–water partition coefficient (Wildman–Crippen LogP) is 0.210. The van der Waals surface area contributed by atoms with Crippen LogP contribution in [0.4, 0.5) is 0 Å². The number of carbonyl (C=O) groups excluding carboxylic acids is 3. The van der Waals surface area contributed by atoms with Crippen LogP contribution >= 0.6 is 11.8 Å². The molecule has 2 aliphatic heterocycles. The van der Waals surface area contributed by atoms with Crippen LogP contribution in [0.3, 0.4) is 0 Å². The molecular weight excluding hydrogens is 416 g/mol. The maximum Gasteiger partial charge on any atom is 0.352 e. The number of aliphatic carboxylic acids is 1. The topological polar surface area (TPSA) is 142 Å². The number of para-hydroxylation sites is 1. The van der Waals surface area contributed by atoms with Gasteiger partial charge >= 0.3 is 11.9 Å². The molecule has 3 N–H and O–H groups in total. The number of carbonyl (C=O) groups is 4. The number of carboxylic acid groups (broad SMARTS) is 1. The highest BCUT2D eigenvalue weighted by molar-refractivity contribution is 8.00. The number of nitrogens with one attached hydrogen (secondary N) is 1. The third-order valence-corrected chi connectivity index (χ3v) is 6.13. The van der Waals surface area contributed by atoms with Crippen molar-refractivity contribution in [3.8, 4) is 5.75 Å². The van der Waals surface area contributed by atoms with Crippen LogP contribution in [-0.2, 0) is 35.1 Å². The van der Waals surface area contributed by atoms with Crippen molar-refractivity contribution in [2.45, 2.75) is 24.4 Å². The number of thioether (sulfide) groups is 1. The van der Waals surface area contributed by atoms with Crippen molar-refractivity contribution in [2.75, 3.05) is 19.5 Å². The van der Waals surface area contributed by atoms with Crippen molar-refractivity contribution in [1.29, 1.82) is 0 Å². The summed E-state index contributed by atoms with van der Waals surface area (Å²) in [6, 6.07) is 6.30. The average Bonchev–Trinajstić information content (AvgIpc) is 2.70. The van der Waals surface area contributed by atoms with Crippen LogP contribution in [0.15, 0.2) is 35.5 Å². The van der Waals surface area contributed by atoms with Gasteiger partial charge in [0.15, 0.2) is 0 Å². The Labute approximate surface area is 175 Å². The average molecular weight is 436 g/mol. The Morgan fingerprint density at radius 1 is 1.33 bits per heavy atom. The molecule has 2 atom stereocenters. The van der Waals surface area contributed by atoms with Gasteiger partial charge in [0.05, 0.1) is 6.42 Å². The second kappa shape index (κ2) is 8.36. The predicted molar refractivity (Wildman–Crippen MR) is 104 cm³/mol. The number of ether oxygens (including phenoxy) is 2. The number of esters is 1. The van der Waals surface area contributed by atoms with Crippen LogP contribution in [0, 0.1) is 0 Å². The summed E-state index contributed by atoms with van der Waals surface area (Å²) in [6.07, 6.45) is -0.193. The quantitative estimate of drug-likeness (QED) is 0.310. The van der Waals surface area contributed by atoms with Gasteiger partial charge in [-0.1, -0.05) is 18.2 Å². The zero-order chi connectivity index (χ0) is 22.1. The first-order valence-electron chi connectivity index (χ1n) is 8.88. The molecule has 30 heavy (non-hydrogen) atoms. The lowest BCUT2D eigenvalue weighted by atomic mass is 9.97. The van der Waals surface area contributed by atoms with Crippen molar-refractivity contribution in [1.82, 2.24) is 10.2 Å². The monoisotopic (exact) mass is 436 g/mol. The minimum atomic E-state index is -1.74. The molecule has 0 bridgehead atoms. The summed E-state index contributed by atoms with van der Waals surface area (Å²) < 4.78 is 10.2. The number of fused-ring (bicyclic) bond motifs is 1. The molecule has 1 aromatic rings. The van der Waals surface area contributed by atoms with Crippen LogP contribution in [0.1, 0.15) is 12.5 Å². The second-order valence-electron chi connectivity index (χ2n) is 6.67. The standard InChI is InChI=1S/C19H20N2O8S/c1-10(22)29-8-12-9-30-18-19(28-2,17(27)21(18)15(12)16(25)26)20-14(24)7-11-5-3-4-6-13(11)23/h3-6,18,23H,7-9H2,1-2H3,(H,20,24)(H,25,26)/t18-,19-/m1/s1. The van der Waals surface area contributed by atoms with Crippen LogP contribution in [-0.4, -0.2) is 69.4 Å². The van der Waals surface area contributed by atoms with Crippen molar-refractivity contribution >= 4 is 35.5 Å². The number of methoxy groups -OCH3 is 1. The molecule has 0 spiro atoms. The van der Waals surface area contributed by atoms with Crippen molar-refractivity contribution in [3.63, 3.8) is 0 Å². The number of phenols is 1. The number of aromatic hydroxyl groups is 1. The molecule has 0 saturated carbocycles. The summed E-state index contributed by atoms with van der Waals surface area (Å²) in [5.41, 5.74) is -1.37. The summed E-state index contributed by atoms with van der Waals surface area (Å²) in [6.45, 7) is 0.949. The molecule has 10 nitrogen and oxygen atoms in total. The summed E-state index contributed by atoms with van der Waals surface area (Å²) in [5, 5.41) is 21.2. The number of phenolic OH excluding ortho intramolecular Hbond substituents is 1. The number of rotatable bonds is 7. The third-order valence-electron chi connectivity index (χ3n) is 4.75. The third kappa shape index (κ3) is 3.73. The molecule has 0 unspecified atom stereocenters.